The second-order valence-electron chi connectivity index (χ2n) is 5.93. The number of H-pyrrole nitrogens is 1. The van der Waals surface area contributed by atoms with E-state index in [0.717, 1.165) is 11.1 Å². The van der Waals surface area contributed by atoms with Crippen LogP contribution in [0.2, 0.25) is 0 Å². The molecule has 3 rings (SSSR count). The molecule has 130 valence electrons. The molecular formula is C18H20N4O3. The summed E-state index contributed by atoms with van der Waals surface area (Å²) >= 11 is 0. The van der Waals surface area contributed by atoms with Crippen molar-refractivity contribution in [3.63, 3.8) is 0 Å². The molecule has 1 aromatic carbocycles. The molecule has 0 unspecified atom stereocenters. The number of nitrogens with zero attached hydrogens (tertiary/aromatic N) is 2. The standard InChI is InChI=1S/C18H20N4O3/c1-10(2)25-15-6-5-12(7-16(15)24-4)18(23)20-13-8-14-11(3)21-22-17(14)19-9-13/h5-10H,1-4H3,(H,20,23)(H,19,21,22). The number of aryl methyl sites for hydroxylation is 1. The average Bonchev–Trinajstić information content (AvgIpc) is 2.95. The second-order valence-corrected chi connectivity index (χ2v) is 5.93. The fraction of sp³-hybridized carbons (Fsp3) is 0.278. The average molecular weight is 340 g/mol. The lowest BCUT2D eigenvalue weighted by Crippen LogP contribution is -2.13. The van der Waals surface area contributed by atoms with E-state index in [4.69, 9.17) is 9.47 Å². The largest absolute Gasteiger partial charge is 0.493 e. The molecule has 2 heterocycles. The van der Waals surface area contributed by atoms with Crippen LogP contribution >= 0.6 is 0 Å². The van der Waals surface area contributed by atoms with Gasteiger partial charge in [0.1, 0.15) is 0 Å². The molecule has 0 saturated carbocycles. The Morgan fingerprint density at radius 3 is 2.76 bits per heavy atom. The molecule has 0 aliphatic carbocycles. The number of fused-ring (bicyclic) bond motifs is 1. The van der Waals surface area contributed by atoms with Crippen LogP contribution in [0.25, 0.3) is 11.0 Å². The summed E-state index contributed by atoms with van der Waals surface area (Å²) in [6.45, 7) is 5.77. The number of pyridine rings is 1. The number of anilines is 1. The van der Waals surface area contributed by atoms with Gasteiger partial charge < -0.3 is 14.8 Å². The van der Waals surface area contributed by atoms with E-state index in [1.54, 1.807) is 31.5 Å². The van der Waals surface area contributed by atoms with Gasteiger partial charge in [-0.25, -0.2) is 4.98 Å². The van der Waals surface area contributed by atoms with Gasteiger partial charge in [0.2, 0.25) is 0 Å². The van der Waals surface area contributed by atoms with Crippen molar-refractivity contribution in [2.75, 3.05) is 12.4 Å². The first kappa shape index (κ1) is 16.8. The first-order chi connectivity index (χ1) is 12.0. The highest BCUT2D eigenvalue weighted by Crippen LogP contribution is 2.29. The molecule has 25 heavy (non-hydrogen) atoms. The number of rotatable bonds is 5. The van der Waals surface area contributed by atoms with Crippen LogP contribution in [0.15, 0.2) is 30.5 Å². The van der Waals surface area contributed by atoms with Gasteiger partial charge in [0.05, 0.1) is 25.1 Å². The van der Waals surface area contributed by atoms with Gasteiger partial charge in [-0.2, -0.15) is 5.10 Å². The summed E-state index contributed by atoms with van der Waals surface area (Å²) in [7, 11) is 1.55. The number of ether oxygens (including phenoxy) is 2. The quantitative estimate of drug-likeness (QED) is 0.744. The van der Waals surface area contributed by atoms with Crippen molar-refractivity contribution in [3.05, 3.63) is 41.7 Å². The Morgan fingerprint density at radius 1 is 1.24 bits per heavy atom. The van der Waals surface area contributed by atoms with E-state index < -0.39 is 0 Å². The zero-order chi connectivity index (χ0) is 18.0. The van der Waals surface area contributed by atoms with Crippen LogP contribution < -0.4 is 14.8 Å². The van der Waals surface area contributed by atoms with Crippen molar-refractivity contribution in [2.24, 2.45) is 0 Å². The molecule has 7 nitrogen and oxygen atoms in total. The van der Waals surface area contributed by atoms with Crippen molar-refractivity contribution in [1.82, 2.24) is 15.2 Å². The molecule has 0 fully saturated rings. The molecule has 2 N–H and O–H groups in total. The summed E-state index contributed by atoms with van der Waals surface area (Å²) in [5.74, 6) is 0.864. The fourth-order valence-electron chi connectivity index (χ4n) is 2.45. The maximum Gasteiger partial charge on any atom is 0.255 e. The SMILES string of the molecule is COc1cc(C(=O)Nc2cnc3n[nH]c(C)c3c2)ccc1OC(C)C. The van der Waals surface area contributed by atoms with Gasteiger partial charge >= 0.3 is 0 Å². The first-order valence-corrected chi connectivity index (χ1v) is 7.94. The molecule has 0 aliphatic heterocycles. The molecule has 3 aromatic rings. The van der Waals surface area contributed by atoms with Crippen molar-refractivity contribution in [3.8, 4) is 11.5 Å². The highest BCUT2D eigenvalue weighted by molar-refractivity contribution is 6.05. The summed E-state index contributed by atoms with van der Waals surface area (Å²) in [4.78, 5) is 16.7. The van der Waals surface area contributed by atoms with Crippen molar-refractivity contribution in [2.45, 2.75) is 26.9 Å². The minimum absolute atomic E-state index is 0.0181. The fourth-order valence-corrected chi connectivity index (χ4v) is 2.45. The van der Waals surface area contributed by atoms with Crippen LogP contribution in [0.4, 0.5) is 5.69 Å². The van der Waals surface area contributed by atoms with Gasteiger partial charge in [0, 0.05) is 16.6 Å². The van der Waals surface area contributed by atoms with Crippen LogP contribution in [-0.2, 0) is 0 Å². The Bertz CT molecular complexity index is 918. The van der Waals surface area contributed by atoms with Crippen molar-refractivity contribution < 1.29 is 14.3 Å². The van der Waals surface area contributed by atoms with E-state index in [1.807, 2.05) is 26.8 Å². The Morgan fingerprint density at radius 2 is 2.04 bits per heavy atom. The molecule has 0 radical (unpaired) electrons. The molecule has 2 aromatic heterocycles. The molecule has 0 spiro atoms. The van der Waals surface area contributed by atoms with Gasteiger partial charge in [-0.3, -0.25) is 9.89 Å². The van der Waals surface area contributed by atoms with E-state index in [0.29, 0.717) is 28.4 Å². The number of aromatic amines is 1. The third-order valence-electron chi connectivity index (χ3n) is 3.65. The van der Waals surface area contributed by atoms with E-state index in [-0.39, 0.29) is 12.0 Å². The van der Waals surface area contributed by atoms with Gasteiger partial charge in [-0.15, -0.1) is 0 Å². The molecule has 0 aliphatic rings. The number of benzene rings is 1. The maximum atomic E-state index is 12.5. The lowest BCUT2D eigenvalue weighted by Gasteiger charge is -2.14. The highest BCUT2D eigenvalue weighted by atomic mass is 16.5. The number of amides is 1. The Labute approximate surface area is 145 Å². The third-order valence-corrected chi connectivity index (χ3v) is 3.65. The Hall–Kier alpha value is -3.09. The van der Waals surface area contributed by atoms with Gasteiger partial charge in [0.15, 0.2) is 17.1 Å². The van der Waals surface area contributed by atoms with Crippen LogP contribution in [0, 0.1) is 6.92 Å². The molecule has 0 bridgehead atoms. The van der Waals surface area contributed by atoms with E-state index in [2.05, 4.69) is 20.5 Å². The van der Waals surface area contributed by atoms with Crippen LogP contribution in [0.3, 0.4) is 0 Å². The Balaban J connectivity index is 1.83. The van der Waals surface area contributed by atoms with Gasteiger partial charge in [-0.05, 0) is 45.0 Å². The summed E-state index contributed by atoms with van der Waals surface area (Å²) < 4.78 is 11.0. The van der Waals surface area contributed by atoms with Crippen LogP contribution in [0.1, 0.15) is 29.9 Å². The van der Waals surface area contributed by atoms with E-state index in [1.165, 1.54) is 0 Å². The summed E-state index contributed by atoms with van der Waals surface area (Å²) in [6.07, 6.45) is 1.60. The van der Waals surface area contributed by atoms with Crippen molar-refractivity contribution >= 4 is 22.6 Å². The highest BCUT2D eigenvalue weighted by Gasteiger charge is 2.13. The maximum absolute atomic E-state index is 12.5. The smallest absolute Gasteiger partial charge is 0.255 e. The molecule has 1 amide bonds. The van der Waals surface area contributed by atoms with E-state index >= 15 is 0 Å². The van der Waals surface area contributed by atoms with Crippen LogP contribution in [0.5, 0.6) is 11.5 Å². The lowest BCUT2D eigenvalue weighted by molar-refractivity contribution is 0.102. The predicted molar refractivity (Wildman–Crippen MR) is 95.3 cm³/mol. The van der Waals surface area contributed by atoms with Gasteiger partial charge in [0.25, 0.3) is 5.91 Å². The Kier molecular flexibility index (Phi) is 4.56. The molecule has 0 saturated heterocycles. The summed E-state index contributed by atoms with van der Waals surface area (Å²) in [5, 5.41) is 10.7. The number of hydrogen-bond donors (Lipinski definition) is 2. The molecule has 7 heteroatoms. The summed E-state index contributed by atoms with van der Waals surface area (Å²) in [6, 6.07) is 6.93. The monoisotopic (exact) mass is 340 g/mol. The number of methoxy groups -OCH3 is 1. The first-order valence-electron chi connectivity index (χ1n) is 7.94. The summed E-state index contributed by atoms with van der Waals surface area (Å²) in [5.41, 5.74) is 2.59. The topological polar surface area (TPSA) is 89.1 Å². The number of carbonyl (C=O) groups excluding carboxylic acids is 1. The minimum Gasteiger partial charge on any atom is -0.493 e. The van der Waals surface area contributed by atoms with E-state index in [9.17, 15) is 4.79 Å². The number of hydrogen-bond acceptors (Lipinski definition) is 5. The normalized spacial score (nSPS) is 10.9. The zero-order valence-electron chi connectivity index (χ0n) is 14.6. The van der Waals surface area contributed by atoms with Crippen molar-refractivity contribution in [1.29, 1.82) is 0 Å². The number of aromatic nitrogens is 3. The third kappa shape index (κ3) is 3.55. The van der Waals surface area contributed by atoms with Crippen LogP contribution in [-0.4, -0.2) is 34.3 Å². The zero-order valence-corrected chi connectivity index (χ0v) is 14.6. The predicted octanol–water partition coefficient (Wildman–Crippen LogP) is 3.31. The number of nitrogens with one attached hydrogen (secondary N) is 2. The van der Waals surface area contributed by atoms with Gasteiger partial charge in [-0.1, -0.05) is 0 Å². The molecule has 0 atom stereocenters. The number of carbonyl (C=O) groups is 1. The second kappa shape index (κ2) is 6.80. The molecular weight excluding hydrogens is 320 g/mol. The minimum atomic E-state index is -0.253. The lowest BCUT2D eigenvalue weighted by atomic mass is 10.1.